The number of alkyl halides is 2. The molecule has 1 N–H and O–H groups in total. The van der Waals surface area contributed by atoms with Crippen LogP contribution in [0.4, 0.5) is 8.78 Å². The van der Waals surface area contributed by atoms with Crippen LogP contribution < -0.4 is 10.1 Å². The van der Waals surface area contributed by atoms with Gasteiger partial charge in [0, 0.05) is 11.1 Å². The molecule has 2 aromatic rings. The van der Waals surface area contributed by atoms with E-state index in [1.165, 1.54) is 23.9 Å². The molecule has 1 atom stereocenters. The van der Waals surface area contributed by atoms with Crippen LogP contribution >= 0.6 is 23.1 Å². The van der Waals surface area contributed by atoms with E-state index in [1.54, 1.807) is 30.4 Å². The Labute approximate surface area is 147 Å². The third-order valence-corrected chi connectivity index (χ3v) is 4.90. The lowest BCUT2D eigenvalue weighted by Crippen LogP contribution is -2.28. The minimum Gasteiger partial charge on any atom is -0.435 e. The smallest absolute Gasteiger partial charge is 0.387 e. The van der Waals surface area contributed by atoms with Crippen molar-refractivity contribution in [3.63, 3.8) is 0 Å². The second kappa shape index (κ2) is 8.98. The second-order valence-corrected chi connectivity index (χ2v) is 7.14. The molecule has 0 aliphatic rings. The average molecular weight is 372 g/mol. The van der Waals surface area contributed by atoms with E-state index in [1.807, 2.05) is 12.3 Å². The van der Waals surface area contributed by atoms with Gasteiger partial charge in [-0.15, -0.1) is 23.1 Å². The number of ether oxygens (including phenoxy) is 1. The quantitative estimate of drug-likeness (QED) is 0.756. The molecule has 0 unspecified atom stereocenters. The number of halogens is 2. The molecule has 8 heteroatoms. The van der Waals surface area contributed by atoms with Crippen LogP contribution in [0.2, 0.25) is 0 Å². The molecule has 1 heterocycles. The lowest BCUT2D eigenvalue weighted by molar-refractivity contribution is -0.119. The fourth-order valence-corrected chi connectivity index (χ4v) is 3.50. The van der Waals surface area contributed by atoms with Gasteiger partial charge in [-0.3, -0.25) is 4.79 Å². The summed E-state index contributed by atoms with van der Waals surface area (Å²) >= 11 is 3.07. The number of hydrogen-bond acceptors (Lipinski definition) is 5. The summed E-state index contributed by atoms with van der Waals surface area (Å²) in [6.07, 6.45) is 0. The van der Waals surface area contributed by atoms with E-state index in [-0.39, 0.29) is 17.7 Å². The molecule has 0 spiro atoms. The molecule has 0 bridgehead atoms. The van der Waals surface area contributed by atoms with Crippen LogP contribution in [0.5, 0.6) is 5.75 Å². The Bertz CT molecular complexity index is 680. The lowest BCUT2D eigenvalue weighted by atomic mass is 10.1. The number of aryl methyl sites for hydroxylation is 1. The lowest BCUT2D eigenvalue weighted by Gasteiger charge is -2.15. The highest BCUT2D eigenvalue weighted by molar-refractivity contribution is 7.99. The summed E-state index contributed by atoms with van der Waals surface area (Å²) < 4.78 is 28.9. The maximum absolute atomic E-state index is 12.2. The molecule has 1 aromatic carbocycles. The maximum Gasteiger partial charge on any atom is 0.387 e. The van der Waals surface area contributed by atoms with E-state index in [0.29, 0.717) is 17.1 Å². The van der Waals surface area contributed by atoms with Gasteiger partial charge in [0.05, 0.1) is 22.5 Å². The minimum atomic E-state index is -2.86. The molecule has 24 heavy (non-hydrogen) atoms. The van der Waals surface area contributed by atoms with Crippen molar-refractivity contribution in [2.45, 2.75) is 32.3 Å². The summed E-state index contributed by atoms with van der Waals surface area (Å²) in [5, 5.41) is 5.84. The van der Waals surface area contributed by atoms with Crippen molar-refractivity contribution in [2.75, 3.05) is 5.75 Å². The number of hydrogen-bond donors (Lipinski definition) is 1. The Hall–Kier alpha value is -1.67. The van der Waals surface area contributed by atoms with E-state index in [2.05, 4.69) is 15.0 Å². The van der Waals surface area contributed by atoms with Gasteiger partial charge < -0.3 is 10.1 Å². The minimum absolute atomic E-state index is 0.0804. The number of aromatic nitrogens is 1. The van der Waals surface area contributed by atoms with Crippen molar-refractivity contribution in [3.8, 4) is 5.75 Å². The van der Waals surface area contributed by atoms with Gasteiger partial charge in [0.2, 0.25) is 5.91 Å². The number of benzene rings is 1. The van der Waals surface area contributed by atoms with Gasteiger partial charge in [0.15, 0.2) is 0 Å². The summed E-state index contributed by atoms with van der Waals surface area (Å²) in [6.45, 7) is 0.878. The first-order valence-corrected chi connectivity index (χ1v) is 9.30. The fourth-order valence-electron chi connectivity index (χ4n) is 2.05. The number of nitrogens with zero attached hydrogens (tertiary/aromatic N) is 1. The number of thioether (sulfide) groups is 1. The Balaban J connectivity index is 1.80. The van der Waals surface area contributed by atoms with Gasteiger partial charge in [-0.05, 0) is 31.5 Å². The molecule has 0 saturated carbocycles. The molecule has 2 rings (SSSR count). The first kappa shape index (κ1) is 18.7. The van der Waals surface area contributed by atoms with Crippen LogP contribution in [0.1, 0.15) is 29.2 Å². The van der Waals surface area contributed by atoms with Gasteiger partial charge in [-0.2, -0.15) is 8.78 Å². The monoisotopic (exact) mass is 372 g/mol. The molecule has 1 amide bonds. The third-order valence-electron chi connectivity index (χ3n) is 3.11. The third kappa shape index (κ3) is 6.09. The summed E-state index contributed by atoms with van der Waals surface area (Å²) in [5.41, 5.74) is 1.68. The normalized spacial score (nSPS) is 12.2. The molecule has 0 aliphatic carbocycles. The molecular formula is C16H18F2N2O2S2. The highest BCUT2D eigenvalue weighted by atomic mass is 32.2. The number of thiazole rings is 1. The van der Waals surface area contributed by atoms with Crippen LogP contribution in [-0.4, -0.2) is 23.3 Å². The molecule has 4 nitrogen and oxygen atoms in total. The predicted octanol–water partition coefficient (Wildman–Crippen LogP) is 4.16. The van der Waals surface area contributed by atoms with Crippen molar-refractivity contribution in [3.05, 3.63) is 45.9 Å². The van der Waals surface area contributed by atoms with Crippen LogP contribution in [0.15, 0.2) is 29.6 Å². The summed E-state index contributed by atoms with van der Waals surface area (Å²) in [6, 6.07) is 6.04. The molecule has 0 radical (unpaired) electrons. The first-order valence-electron chi connectivity index (χ1n) is 7.27. The number of carbonyl (C=O) groups excluding carboxylic acids is 1. The molecule has 0 aliphatic heterocycles. The van der Waals surface area contributed by atoms with E-state index in [9.17, 15) is 13.6 Å². The van der Waals surface area contributed by atoms with Crippen LogP contribution in [-0.2, 0) is 10.5 Å². The van der Waals surface area contributed by atoms with Crippen molar-refractivity contribution in [1.29, 1.82) is 0 Å². The Kier molecular flexibility index (Phi) is 6.99. The van der Waals surface area contributed by atoms with E-state index >= 15 is 0 Å². The highest BCUT2D eigenvalue weighted by Gasteiger charge is 2.12. The van der Waals surface area contributed by atoms with Gasteiger partial charge in [0.25, 0.3) is 0 Å². The Morgan fingerprint density at radius 3 is 2.92 bits per heavy atom. The molecular weight excluding hydrogens is 354 g/mol. The van der Waals surface area contributed by atoms with Gasteiger partial charge in [-0.1, -0.05) is 12.1 Å². The van der Waals surface area contributed by atoms with Crippen LogP contribution in [0.25, 0.3) is 0 Å². The van der Waals surface area contributed by atoms with Crippen molar-refractivity contribution >= 4 is 29.0 Å². The highest BCUT2D eigenvalue weighted by Crippen LogP contribution is 2.21. The molecule has 1 aromatic heterocycles. The maximum atomic E-state index is 12.2. The number of rotatable bonds is 8. The predicted molar refractivity (Wildman–Crippen MR) is 92.6 cm³/mol. The largest absolute Gasteiger partial charge is 0.435 e. The molecule has 0 saturated heterocycles. The summed E-state index contributed by atoms with van der Waals surface area (Å²) in [5.74, 6) is 0.967. The van der Waals surface area contributed by atoms with Gasteiger partial charge in [-0.25, -0.2) is 4.98 Å². The zero-order valence-corrected chi connectivity index (χ0v) is 14.9. The SMILES string of the molecule is Cc1nc(CSCC(=O)N[C@@H](C)c2cccc(OC(F)F)c2)cs1. The summed E-state index contributed by atoms with van der Waals surface area (Å²) in [7, 11) is 0. The van der Waals surface area contributed by atoms with E-state index < -0.39 is 6.61 Å². The van der Waals surface area contributed by atoms with Crippen molar-refractivity contribution in [2.24, 2.45) is 0 Å². The van der Waals surface area contributed by atoms with E-state index in [0.717, 1.165) is 10.7 Å². The van der Waals surface area contributed by atoms with E-state index in [4.69, 9.17) is 0 Å². The number of amides is 1. The van der Waals surface area contributed by atoms with Gasteiger partial charge >= 0.3 is 6.61 Å². The Morgan fingerprint density at radius 2 is 2.25 bits per heavy atom. The topological polar surface area (TPSA) is 51.2 Å². The summed E-state index contributed by atoms with van der Waals surface area (Å²) in [4.78, 5) is 16.3. The number of carbonyl (C=O) groups is 1. The van der Waals surface area contributed by atoms with Crippen LogP contribution in [0, 0.1) is 6.92 Å². The average Bonchev–Trinajstić information content (AvgIpc) is 2.92. The Morgan fingerprint density at radius 1 is 1.46 bits per heavy atom. The number of nitrogens with one attached hydrogen (secondary N) is 1. The fraction of sp³-hybridized carbons (Fsp3) is 0.375. The van der Waals surface area contributed by atoms with Crippen LogP contribution in [0.3, 0.4) is 0 Å². The van der Waals surface area contributed by atoms with Gasteiger partial charge in [0.1, 0.15) is 5.75 Å². The standard InChI is InChI=1S/C16H18F2N2O2S2/c1-10(12-4-3-5-14(6-12)22-16(17)18)19-15(21)9-23-7-13-8-24-11(2)20-13/h3-6,8,10,16H,7,9H2,1-2H3,(H,19,21)/t10-/m0/s1. The first-order chi connectivity index (χ1) is 11.4. The molecule has 0 fully saturated rings. The zero-order valence-electron chi connectivity index (χ0n) is 13.3. The second-order valence-electron chi connectivity index (χ2n) is 5.09. The van der Waals surface area contributed by atoms with Crippen molar-refractivity contribution in [1.82, 2.24) is 10.3 Å². The molecule has 130 valence electrons. The van der Waals surface area contributed by atoms with Crippen molar-refractivity contribution < 1.29 is 18.3 Å². The zero-order chi connectivity index (χ0) is 17.5.